The number of hydrogen-bond acceptors (Lipinski definition) is 5. The second-order valence-corrected chi connectivity index (χ2v) is 8.57. The first kappa shape index (κ1) is 24.5. The molecule has 8 nitrogen and oxygen atoms in total. The minimum Gasteiger partial charge on any atom is -0.489 e. The van der Waals surface area contributed by atoms with Crippen LogP contribution in [0.25, 0.3) is 16.9 Å². The van der Waals surface area contributed by atoms with Crippen molar-refractivity contribution in [1.29, 1.82) is 0 Å². The Morgan fingerprint density at radius 2 is 1.61 bits per heavy atom. The van der Waals surface area contributed by atoms with Gasteiger partial charge in [0.25, 0.3) is 11.6 Å². The molecule has 1 aromatic heterocycles. The fourth-order valence-electron chi connectivity index (χ4n) is 4.00. The number of nitro groups is 1. The standard InChI is InChI=1S/C30H24N4O4/c35-30(24-11-7-8-22(18-24)21-38-28-16-14-27(15-17-28)34(36)37)31-19-25-20-33(26-12-5-2-6-13-26)32-29(25)23-9-3-1-4-10-23/h1-18,20H,19,21H2,(H,31,35). The third kappa shape index (κ3) is 5.76. The topological polar surface area (TPSA) is 99.3 Å². The summed E-state index contributed by atoms with van der Waals surface area (Å²) in [6.07, 6.45) is 1.94. The zero-order chi connectivity index (χ0) is 26.3. The Labute approximate surface area is 219 Å². The number of para-hydroxylation sites is 1. The Morgan fingerprint density at radius 1 is 0.895 bits per heavy atom. The van der Waals surface area contributed by atoms with Crippen LogP contribution in [0.2, 0.25) is 0 Å². The van der Waals surface area contributed by atoms with Crippen molar-refractivity contribution in [2.24, 2.45) is 0 Å². The van der Waals surface area contributed by atoms with Crippen molar-refractivity contribution in [3.05, 3.63) is 142 Å². The number of amides is 1. The fraction of sp³-hybridized carbons (Fsp3) is 0.0667. The van der Waals surface area contributed by atoms with E-state index in [-0.39, 0.29) is 18.2 Å². The molecular weight excluding hydrogens is 480 g/mol. The van der Waals surface area contributed by atoms with Crippen molar-refractivity contribution >= 4 is 11.6 Å². The monoisotopic (exact) mass is 504 g/mol. The smallest absolute Gasteiger partial charge is 0.269 e. The third-order valence-corrected chi connectivity index (χ3v) is 5.94. The number of ether oxygens (including phenoxy) is 1. The summed E-state index contributed by atoms with van der Waals surface area (Å²) >= 11 is 0. The fourth-order valence-corrected chi connectivity index (χ4v) is 4.00. The Kier molecular flexibility index (Phi) is 7.22. The normalized spacial score (nSPS) is 10.6. The highest BCUT2D eigenvalue weighted by molar-refractivity contribution is 5.94. The van der Waals surface area contributed by atoms with E-state index in [1.807, 2.05) is 77.6 Å². The first-order valence-electron chi connectivity index (χ1n) is 12.0. The van der Waals surface area contributed by atoms with Crippen LogP contribution in [-0.4, -0.2) is 20.6 Å². The Balaban J connectivity index is 1.28. The average Bonchev–Trinajstić information content (AvgIpc) is 3.40. The number of rotatable bonds is 9. The van der Waals surface area contributed by atoms with E-state index < -0.39 is 4.92 Å². The number of nitrogens with one attached hydrogen (secondary N) is 1. The molecule has 0 aliphatic carbocycles. The molecule has 0 aliphatic rings. The molecular formula is C30H24N4O4. The van der Waals surface area contributed by atoms with E-state index >= 15 is 0 Å². The van der Waals surface area contributed by atoms with Gasteiger partial charge in [-0.3, -0.25) is 14.9 Å². The van der Waals surface area contributed by atoms with Gasteiger partial charge in [-0.25, -0.2) is 4.68 Å². The Hall–Kier alpha value is -5.24. The first-order valence-corrected chi connectivity index (χ1v) is 12.0. The predicted octanol–water partition coefficient (Wildman–Crippen LogP) is 5.96. The quantitative estimate of drug-likeness (QED) is 0.197. The van der Waals surface area contributed by atoms with Crippen LogP contribution in [0, 0.1) is 10.1 Å². The number of nitro benzene ring substituents is 1. The SMILES string of the molecule is O=C(NCc1cn(-c2ccccc2)nc1-c1ccccc1)c1cccc(COc2ccc([N+](=O)[O-])cc2)c1. The molecule has 38 heavy (non-hydrogen) atoms. The molecule has 5 aromatic rings. The molecule has 1 N–H and O–H groups in total. The highest BCUT2D eigenvalue weighted by Gasteiger charge is 2.14. The molecule has 4 aromatic carbocycles. The van der Waals surface area contributed by atoms with Crippen molar-refractivity contribution in [3.8, 4) is 22.7 Å². The summed E-state index contributed by atoms with van der Waals surface area (Å²) in [5.74, 6) is 0.294. The number of aromatic nitrogens is 2. The second-order valence-electron chi connectivity index (χ2n) is 8.57. The van der Waals surface area contributed by atoms with Gasteiger partial charge in [0.2, 0.25) is 0 Å². The summed E-state index contributed by atoms with van der Waals surface area (Å²) in [5.41, 5.74) is 4.91. The third-order valence-electron chi connectivity index (χ3n) is 5.94. The van der Waals surface area contributed by atoms with Crippen molar-refractivity contribution in [2.75, 3.05) is 0 Å². The molecule has 188 valence electrons. The van der Waals surface area contributed by atoms with E-state index in [4.69, 9.17) is 9.84 Å². The number of hydrogen-bond donors (Lipinski definition) is 1. The molecule has 0 saturated carbocycles. The number of non-ortho nitro benzene ring substituents is 1. The van der Waals surface area contributed by atoms with Gasteiger partial charge in [-0.05, 0) is 42.0 Å². The summed E-state index contributed by atoms with van der Waals surface area (Å²) in [6, 6.07) is 32.8. The lowest BCUT2D eigenvalue weighted by Crippen LogP contribution is -2.23. The Morgan fingerprint density at radius 3 is 2.32 bits per heavy atom. The molecule has 1 heterocycles. The maximum absolute atomic E-state index is 13.0. The lowest BCUT2D eigenvalue weighted by atomic mass is 10.1. The van der Waals surface area contributed by atoms with Gasteiger partial charge in [-0.2, -0.15) is 5.10 Å². The second kappa shape index (κ2) is 11.2. The molecule has 1 amide bonds. The van der Waals surface area contributed by atoms with Crippen LogP contribution in [-0.2, 0) is 13.2 Å². The molecule has 0 spiro atoms. The van der Waals surface area contributed by atoms with Gasteiger partial charge < -0.3 is 10.1 Å². The molecule has 5 rings (SSSR count). The average molecular weight is 505 g/mol. The van der Waals surface area contributed by atoms with Crippen molar-refractivity contribution in [3.63, 3.8) is 0 Å². The molecule has 0 fully saturated rings. The summed E-state index contributed by atoms with van der Waals surface area (Å²) in [4.78, 5) is 23.4. The van der Waals surface area contributed by atoms with Gasteiger partial charge in [0.05, 0.1) is 16.3 Å². The summed E-state index contributed by atoms with van der Waals surface area (Å²) in [7, 11) is 0. The number of carbonyl (C=O) groups excluding carboxylic acids is 1. The molecule has 0 bridgehead atoms. The van der Waals surface area contributed by atoms with Gasteiger partial charge in [0, 0.05) is 41.6 Å². The van der Waals surface area contributed by atoms with Crippen LogP contribution in [0.5, 0.6) is 5.75 Å². The zero-order valence-corrected chi connectivity index (χ0v) is 20.4. The van der Waals surface area contributed by atoms with Crippen LogP contribution in [0.1, 0.15) is 21.5 Å². The van der Waals surface area contributed by atoms with Gasteiger partial charge in [-0.1, -0.05) is 60.7 Å². The van der Waals surface area contributed by atoms with Crippen molar-refractivity contribution < 1.29 is 14.5 Å². The van der Waals surface area contributed by atoms with Gasteiger partial charge in [-0.15, -0.1) is 0 Å². The molecule has 0 aliphatic heterocycles. The largest absolute Gasteiger partial charge is 0.489 e. The van der Waals surface area contributed by atoms with Crippen molar-refractivity contribution in [1.82, 2.24) is 15.1 Å². The van der Waals surface area contributed by atoms with E-state index in [9.17, 15) is 14.9 Å². The lowest BCUT2D eigenvalue weighted by Gasteiger charge is -2.09. The first-order chi connectivity index (χ1) is 18.6. The van der Waals surface area contributed by atoms with E-state index in [0.29, 0.717) is 17.9 Å². The van der Waals surface area contributed by atoms with Crippen molar-refractivity contribution in [2.45, 2.75) is 13.2 Å². The summed E-state index contributed by atoms with van der Waals surface area (Å²) in [6.45, 7) is 0.528. The molecule has 0 radical (unpaired) electrons. The highest BCUT2D eigenvalue weighted by Crippen LogP contribution is 2.24. The minimum absolute atomic E-state index is 0.000696. The maximum atomic E-state index is 13.0. The van der Waals surface area contributed by atoms with E-state index in [0.717, 1.165) is 28.1 Å². The number of carbonyl (C=O) groups is 1. The van der Waals surface area contributed by atoms with Gasteiger partial charge >= 0.3 is 0 Å². The highest BCUT2D eigenvalue weighted by atomic mass is 16.6. The molecule has 0 atom stereocenters. The molecule has 0 unspecified atom stereocenters. The molecule has 8 heteroatoms. The minimum atomic E-state index is -0.457. The van der Waals surface area contributed by atoms with Crippen LogP contribution < -0.4 is 10.1 Å². The van der Waals surface area contributed by atoms with Crippen LogP contribution in [0.15, 0.2) is 115 Å². The van der Waals surface area contributed by atoms with Crippen LogP contribution in [0.3, 0.4) is 0 Å². The van der Waals surface area contributed by atoms with Crippen LogP contribution >= 0.6 is 0 Å². The van der Waals surface area contributed by atoms with Gasteiger partial charge in [0.1, 0.15) is 12.4 Å². The van der Waals surface area contributed by atoms with E-state index in [2.05, 4.69) is 5.32 Å². The number of nitrogens with zero attached hydrogens (tertiary/aromatic N) is 3. The number of benzene rings is 4. The zero-order valence-electron chi connectivity index (χ0n) is 20.4. The predicted molar refractivity (Wildman–Crippen MR) is 144 cm³/mol. The lowest BCUT2D eigenvalue weighted by molar-refractivity contribution is -0.384. The summed E-state index contributed by atoms with van der Waals surface area (Å²) < 4.78 is 7.55. The molecule has 0 saturated heterocycles. The van der Waals surface area contributed by atoms with E-state index in [1.165, 1.54) is 12.1 Å². The van der Waals surface area contributed by atoms with E-state index in [1.54, 1.807) is 30.3 Å². The maximum Gasteiger partial charge on any atom is 0.269 e. The Bertz CT molecular complexity index is 1550. The van der Waals surface area contributed by atoms with Gasteiger partial charge in [0.15, 0.2) is 0 Å². The summed E-state index contributed by atoms with van der Waals surface area (Å²) in [5, 5.41) is 18.6. The van der Waals surface area contributed by atoms with Crippen LogP contribution in [0.4, 0.5) is 5.69 Å².